The van der Waals surface area contributed by atoms with Gasteiger partial charge in [-0.1, -0.05) is 13.0 Å². The number of piperazine rings is 1. The van der Waals surface area contributed by atoms with Crippen molar-refractivity contribution in [1.82, 2.24) is 19.6 Å². The Morgan fingerprint density at radius 1 is 1.14 bits per heavy atom. The van der Waals surface area contributed by atoms with Gasteiger partial charge in [0.15, 0.2) is 0 Å². The van der Waals surface area contributed by atoms with Gasteiger partial charge >= 0.3 is 6.03 Å². The van der Waals surface area contributed by atoms with Crippen molar-refractivity contribution in [3.8, 4) is 0 Å². The lowest BCUT2D eigenvalue weighted by Gasteiger charge is -2.37. The Hall–Kier alpha value is -2.12. The van der Waals surface area contributed by atoms with E-state index in [1.165, 1.54) is 0 Å². The van der Waals surface area contributed by atoms with Crippen molar-refractivity contribution < 1.29 is 9.59 Å². The zero-order valence-electron chi connectivity index (χ0n) is 17.0. The van der Waals surface area contributed by atoms with Crippen LogP contribution in [0, 0.1) is 0 Å². The van der Waals surface area contributed by atoms with Gasteiger partial charge in [-0.3, -0.25) is 9.69 Å². The zero-order valence-corrected chi connectivity index (χ0v) is 17.0. The van der Waals surface area contributed by atoms with E-state index in [4.69, 9.17) is 0 Å². The van der Waals surface area contributed by atoms with Gasteiger partial charge in [0.1, 0.15) is 0 Å². The average molecular weight is 386 g/mol. The number of likely N-dealkylation sites (N-methyl/N-ethyl adjacent to an activating group) is 2. The average Bonchev–Trinajstić information content (AvgIpc) is 3.21. The van der Waals surface area contributed by atoms with Crippen molar-refractivity contribution in [1.29, 1.82) is 0 Å². The molecule has 3 amide bonds. The highest BCUT2D eigenvalue weighted by molar-refractivity contribution is 6.00. The summed E-state index contributed by atoms with van der Waals surface area (Å²) in [4.78, 5) is 33.9. The van der Waals surface area contributed by atoms with E-state index in [9.17, 15) is 9.59 Å². The Kier molecular flexibility index (Phi) is 5.55. The van der Waals surface area contributed by atoms with Gasteiger partial charge in [0.2, 0.25) is 0 Å². The lowest BCUT2D eigenvalue weighted by molar-refractivity contribution is 0.0781. The predicted octanol–water partition coefficient (Wildman–Crippen LogP) is 1.56. The van der Waals surface area contributed by atoms with Crippen molar-refractivity contribution in [2.75, 3.05) is 64.7 Å². The molecule has 0 saturated carbocycles. The molecular weight excluding hydrogens is 354 g/mol. The standard InChI is InChI=1S/C21H31N5O2/c1-3-24-11-13-25(14-12-24)16-7-10-26(15-16)21(28)22-19-6-4-5-18-17(19)8-9-23(2)20(18)27/h4-6,16H,3,7-15H2,1-2H3,(H,22,28)/t16-/m0/s1. The van der Waals surface area contributed by atoms with Crippen molar-refractivity contribution >= 4 is 17.6 Å². The highest BCUT2D eigenvalue weighted by Gasteiger charge is 2.32. The van der Waals surface area contributed by atoms with Gasteiger partial charge < -0.3 is 20.0 Å². The maximum Gasteiger partial charge on any atom is 0.321 e. The molecule has 0 radical (unpaired) electrons. The van der Waals surface area contributed by atoms with E-state index in [1.54, 1.807) is 4.90 Å². The fourth-order valence-electron chi connectivity index (χ4n) is 4.62. The topological polar surface area (TPSA) is 59.1 Å². The number of nitrogens with zero attached hydrogens (tertiary/aromatic N) is 4. The Balaban J connectivity index is 1.37. The van der Waals surface area contributed by atoms with Gasteiger partial charge in [-0.25, -0.2) is 4.79 Å². The van der Waals surface area contributed by atoms with Gasteiger partial charge in [-0.05, 0) is 37.1 Å². The number of likely N-dealkylation sites (tertiary alicyclic amines) is 1. The Bertz CT molecular complexity index is 744. The smallest absolute Gasteiger partial charge is 0.321 e. The fourth-order valence-corrected chi connectivity index (χ4v) is 4.62. The maximum atomic E-state index is 12.9. The first-order chi connectivity index (χ1) is 13.6. The van der Waals surface area contributed by atoms with Crippen LogP contribution < -0.4 is 5.32 Å². The summed E-state index contributed by atoms with van der Waals surface area (Å²) >= 11 is 0. The molecule has 152 valence electrons. The van der Waals surface area contributed by atoms with Crippen LogP contribution in [0.25, 0.3) is 0 Å². The van der Waals surface area contributed by atoms with E-state index in [0.29, 0.717) is 18.2 Å². The Labute approximate surface area is 167 Å². The van der Waals surface area contributed by atoms with Gasteiger partial charge in [-0.15, -0.1) is 0 Å². The molecule has 28 heavy (non-hydrogen) atoms. The van der Waals surface area contributed by atoms with E-state index < -0.39 is 0 Å². The van der Waals surface area contributed by atoms with Gasteiger partial charge in [0, 0.05) is 70.2 Å². The first-order valence-corrected chi connectivity index (χ1v) is 10.5. The second-order valence-electron chi connectivity index (χ2n) is 8.10. The molecule has 4 rings (SSSR count). The summed E-state index contributed by atoms with van der Waals surface area (Å²) in [6, 6.07) is 6.03. The lowest BCUT2D eigenvalue weighted by Crippen LogP contribution is -2.51. The number of fused-ring (bicyclic) bond motifs is 1. The molecule has 7 heteroatoms. The van der Waals surface area contributed by atoms with Crippen LogP contribution in [0.15, 0.2) is 18.2 Å². The molecule has 0 aromatic heterocycles. The quantitative estimate of drug-likeness (QED) is 0.858. The highest BCUT2D eigenvalue weighted by atomic mass is 16.2. The molecular formula is C21H31N5O2. The largest absolute Gasteiger partial charge is 0.341 e. The number of urea groups is 1. The van der Waals surface area contributed by atoms with Crippen LogP contribution in [0.3, 0.4) is 0 Å². The number of benzene rings is 1. The zero-order chi connectivity index (χ0) is 19.7. The van der Waals surface area contributed by atoms with Gasteiger partial charge in [0.25, 0.3) is 5.91 Å². The van der Waals surface area contributed by atoms with E-state index in [1.807, 2.05) is 30.1 Å². The first kappa shape index (κ1) is 19.2. The third kappa shape index (κ3) is 3.73. The van der Waals surface area contributed by atoms with Crippen LogP contribution in [0.1, 0.15) is 29.3 Å². The predicted molar refractivity (Wildman–Crippen MR) is 110 cm³/mol. The minimum absolute atomic E-state index is 0.0322. The molecule has 1 aromatic rings. The summed E-state index contributed by atoms with van der Waals surface area (Å²) in [5.41, 5.74) is 2.45. The van der Waals surface area contributed by atoms with E-state index in [-0.39, 0.29) is 11.9 Å². The van der Waals surface area contributed by atoms with Crippen molar-refractivity contribution in [3.05, 3.63) is 29.3 Å². The van der Waals surface area contributed by atoms with Crippen LogP contribution in [0.5, 0.6) is 0 Å². The molecule has 0 unspecified atom stereocenters. The summed E-state index contributed by atoms with van der Waals surface area (Å²) in [5, 5.41) is 3.08. The summed E-state index contributed by atoms with van der Waals surface area (Å²) in [6.45, 7) is 10.0. The van der Waals surface area contributed by atoms with Crippen LogP contribution in [0.4, 0.5) is 10.5 Å². The van der Waals surface area contributed by atoms with Crippen LogP contribution in [-0.2, 0) is 6.42 Å². The number of anilines is 1. The molecule has 3 aliphatic rings. The molecule has 2 saturated heterocycles. The summed E-state index contributed by atoms with van der Waals surface area (Å²) in [7, 11) is 1.82. The van der Waals surface area contributed by atoms with Gasteiger partial charge in [0.05, 0.1) is 0 Å². The third-order valence-electron chi connectivity index (χ3n) is 6.51. The molecule has 0 aliphatic carbocycles. The number of amides is 3. The molecule has 0 spiro atoms. The normalized spacial score (nSPS) is 23.8. The second kappa shape index (κ2) is 8.09. The lowest BCUT2D eigenvalue weighted by atomic mass is 9.97. The van der Waals surface area contributed by atoms with Crippen molar-refractivity contribution in [3.63, 3.8) is 0 Å². The van der Waals surface area contributed by atoms with Crippen LogP contribution in [-0.4, -0.2) is 97.0 Å². The van der Waals surface area contributed by atoms with Crippen molar-refractivity contribution in [2.24, 2.45) is 0 Å². The Morgan fingerprint density at radius 3 is 2.68 bits per heavy atom. The SMILES string of the molecule is CCN1CCN([C@H]2CCN(C(=O)Nc3cccc4c3CCN(C)C4=O)C2)CC1. The first-order valence-electron chi connectivity index (χ1n) is 10.5. The molecule has 1 atom stereocenters. The summed E-state index contributed by atoms with van der Waals surface area (Å²) in [6.07, 6.45) is 1.81. The molecule has 3 heterocycles. The minimum atomic E-state index is -0.0468. The molecule has 2 fully saturated rings. The Morgan fingerprint density at radius 2 is 1.93 bits per heavy atom. The molecule has 0 bridgehead atoms. The van der Waals surface area contributed by atoms with Crippen LogP contribution >= 0.6 is 0 Å². The molecule has 7 nitrogen and oxygen atoms in total. The maximum absolute atomic E-state index is 12.9. The fraction of sp³-hybridized carbons (Fsp3) is 0.619. The second-order valence-corrected chi connectivity index (χ2v) is 8.10. The van der Waals surface area contributed by atoms with E-state index in [2.05, 4.69) is 22.0 Å². The van der Waals surface area contributed by atoms with Gasteiger partial charge in [-0.2, -0.15) is 0 Å². The summed E-state index contributed by atoms with van der Waals surface area (Å²) < 4.78 is 0. The number of rotatable bonds is 3. The number of hydrogen-bond donors (Lipinski definition) is 1. The number of carbonyl (C=O) groups is 2. The number of nitrogens with one attached hydrogen (secondary N) is 1. The van der Waals surface area contributed by atoms with E-state index >= 15 is 0 Å². The highest BCUT2D eigenvalue weighted by Crippen LogP contribution is 2.26. The molecule has 1 aromatic carbocycles. The third-order valence-corrected chi connectivity index (χ3v) is 6.51. The summed E-state index contributed by atoms with van der Waals surface area (Å²) in [5.74, 6) is 0.0322. The molecule has 1 N–H and O–H groups in total. The minimum Gasteiger partial charge on any atom is -0.341 e. The van der Waals surface area contributed by atoms with Crippen molar-refractivity contribution in [2.45, 2.75) is 25.8 Å². The monoisotopic (exact) mass is 385 g/mol. The number of carbonyl (C=O) groups excluding carboxylic acids is 2. The number of hydrogen-bond acceptors (Lipinski definition) is 4. The van der Waals surface area contributed by atoms with Crippen LogP contribution in [0.2, 0.25) is 0 Å². The molecule has 3 aliphatic heterocycles. The van der Waals surface area contributed by atoms with E-state index in [0.717, 1.165) is 69.9 Å².